The number of hydrogen-bond donors (Lipinski definition) is 1. The molecule has 0 saturated carbocycles. The van der Waals surface area contributed by atoms with Crippen molar-refractivity contribution in [2.24, 2.45) is 0 Å². The molecule has 0 unspecified atom stereocenters. The van der Waals surface area contributed by atoms with Crippen LogP contribution in [0.1, 0.15) is 12.0 Å². The summed E-state index contributed by atoms with van der Waals surface area (Å²) in [6, 6.07) is 9.39. The molecule has 0 amide bonds. The van der Waals surface area contributed by atoms with E-state index in [1.807, 2.05) is 18.5 Å². The van der Waals surface area contributed by atoms with Gasteiger partial charge >= 0.3 is 0 Å². The second kappa shape index (κ2) is 5.71. The number of nitrogens with one attached hydrogen (secondary N) is 1. The van der Waals surface area contributed by atoms with Gasteiger partial charge in [0, 0.05) is 48.7 Å². The van der Waals surface area contributed by atoms with Gasteiger partial charge in [-0.05, 0) is 24.6 Å². The minimum absolute atomic E-state index is 0.500. The summed E-state index contributed by atoms with van der Waals surface area (Å²) in [5.74, 6) is 1.66. The Morgan fingerprint density at radius 3 is 2.88 bits per heavy atom. The Labute approximate surface area is 150 Å². The van der Waals surface area contributed by atoms with Crippen molar-refractivity contribution in [2.75, 3.05) is 25.1 Å². The molecule has 3 aromatic rings. The van der Waals surface area contributed by atoms with Gasteiger partial charge < -0.3 is 15.0 Å². The molecule has 2 aliphatic rings. The quantitative estimate of drug-likeness (QED) is 0.779. The minimum Gasteiger partial charge on any atom is -0.494 e. The first-order valence-corrected chi connectivity index (χ1v) is 8.69. The van der Waals surface area contributed by atoms with Crippen LogP contribution < -0.4 is 15.0 Å². The highest BCUT2D eigenvalue weighted by atomic mass is 16.5. The van der Waals surface area contributed by atoms with Gasteiger partial charge in [-0.25, -0.2) is 9.50 Å². The van der Waals surface area contributed by atoms with Gasteiger partial charge in [-0.2, -0.15) is 10.4 Å². The molecule has 2 fully saturated rings. The van der Waals surface area contributed by atoms with E-state index in [9.17, 15) is 5.26 Å². The maximum absolute atomic E-state index is 9.23. The van der Waals surface area contributed by atoms with Gasteiger partial charge in [0.25, 0.3) is 0 Å². The number of hydrogen-bond acceptors (Lipinski definition) is 6. The van der Waals surface area contributed by atoms with Crippen LogP contribution in [0.25, 0.3) is 16.6 Å². The molecule has 130 valence electrons. The fourth-order valence-corrected chi connectivity index (χ4v) is 4.05. The van der Waals surface area contributed by atoms with E-state index < -0.39 is 0 Å². The van der Waals surface area contributed by atoms with E-state index in [4.69, 9.17) is 4.74 Å². The van der Waals surface area contributed by atoms with Gasteiger partial charge in [0.2, 0.25) is 0 Å². The van der Waals surface area contributed by atoms with Gasteiger partial charge in [0.05, 0.1) is 13.3 Å². The highest BCUT2D eigenvalue weighted by molar-refractivity contribution is 5.75. The van der Waals surface area contributed by atoms with Crippen LogP contribution in [0.5, 0.6) is 5.75 Å². The summed E-state index contributed by atoms with van der Waals surface area (Å²) >= 11 is 0. The summed E-state index contributed by atoms with van der Waals surface area (Å²) in [6.45, 7) is 2.07. The average Bonchev–Trinajstić information content (AvgIpc) is 3.42. The van der Waals surface area contributed by atoms with E-state index in [0.717, 1.165) is 30.0 Å². The van der Waals surface area contributed by atoms with Crippen LogP contribution in [0.4, 0.5) is 5.82 Å². The number of fused-ring (bicyclic) bond motifs is 3. The van der Waals surface area contributed by atoms with Crippen LogP contribution >= 0.6 is 0 Å². The number of rotatable bonds is 3. The molecule has 3 aromatic heterocycles. The SMILES string of the molecule is COc1cc(-c2ccc(N3C[C@@H]4C[C@H]3CN4)nc2)cn2ncc(C#N)c12. The highest BCUT2D eigenvalue weighted by Gasteiger charge is 2.38. The lowest BCUT2D eigenvalue weighted by molar-refractivity contribution is 0.417. The third-order valence-corrected chi connectivity index (χ3v) is 5.35. The third-order valence-electron chi connectivity index (χ3n) is 5.35. The molecule has 1 N–H and O–H groups in total. The Morgan fingerprint density at radius 1 is 1.31 bits per heavy atom. The first-order valence-electron chi connectivity index (χ1n) is 8.69. The Hall–Kier alpha value is -3.11. The molecule has 2 aliphatic heterocycles. The number of nitriles is 1. The highest BCUT2D eigenvalue weighted by Crippen LogP contribution is 2.32. The molecular weight excluding hydrogens is 328 g/mol. The van der Waals surface area contributed by atoms with Crippen LogP contribution in [0.3, 0.4) is 0 Å². The summed E-state index contributed by atoms with van der Waals surface area (Å²) < 4.78 is 7.17. The molecule has 0 spiro atoms. The van der Waals surface area contributed by atoms with Crippen LogP contribution in [0.15, 0.2) is 36.8 Å². The molecule has 2 atom stereocenters. The zero-order valence-corrected chi connectivity index (χ0v) is 14.4. The summed E-state index contributed by atoms with van der Waals surface area (Å²) in [5, 5.41) is 17.0. The number of methoxy groups -OCH3 is 1. The number of ether oxygens (including phenoxy) is 1. The Bertz CT molecular complexity index is 1020. The molecule has 5 rings (SSSR count). The Balaban J connectivity index is 1.51. The van der Waals surface area contributed by atoms with Crippen molar-refractivity contribution in [3.8, 4) is 22.9 Å². The van der Waals surface area contributed by atoms with Crippen molar-refractivity contribution in [2.45, 2.75) is 18.5 Å². The van der Waals surface area contributed by atoms with Crippen molar-refractivity contribution in [1.82, 2.24) is 19.9 Å². The molecule has 7 nitrogen and oxygen atoms in total. The van der Waals surface area contributed by atoms with Crippen molar-refractivity contribution >= 4 is 11.3 Å². The zero-order chi connectivity index (χ0) is 17.7. The van der Waals surface area contributed by atoms with Crippen molar-refractivity contribution in [3.05, 3.63) is 42.4 Å². The topological polar surface area (TPSA) is 78.5 Å². The van der Waals surface area contributed by atoms with E-state index in [-0.39, 0.29) is 0 Å². The lowest BCUT2D eigenvalue weighted by Crippen LogP contribution is -2.43. The molecule has 2 bridgehead atoms. The molecule has 0 aromatic carbocycles. The van der Waals surface area contributed by atoms with Gasteiger partial charge in [0.15, 0.2) is 0 Å². The van der Waals surface area contributed by atoms with Crippen molar-refractivity contribution < 1.29 is 4.74 Å². The number of anilines is 1. The summed E-state index contributed by atoms with van der Waals surface area (Å²) in [4.78, 5) is 7.08. The molecule has 26 heavy (non-hydrogen) atoms. The van der Waals surface area contributed by atoms with Gasteiger partial charge in [-0.1, -0.05) is 0 Å². The van der Waals surface area contributed by atoms with Gasteiger partial charge in [-0.3, -0.25) is 0 Å². The van der Waals surface area contributed by atoms with Crippen molar-refractivity contribution in [1.29, 1.82) is 5.26 Å². The molecular formula is C19H18N6O. The normalized spacial score (nSPS) is 21.3. The predicted molar refractivity (Wildman–Crippen MR) is 97.2 cm³/mol. The Kier molecular flexibility index (Phi) is 3.33. The van der Waals surface area contributed by atoms with E-state index in [1.54, 1.807) is 17.8 Å². The lowest BCUT2D eigenvalue weighted by atomic mass is 10.1. The van der Waals surface area contributed by atoms with Crippen LogP contribution in [-0.4, -0.2) is 46.9 Å². The Morgan fingerprint density at radius 2 is 2.23 bits per heavy atom. The first kappa shape index (κ1) is 15.2. The summed E-state index contributed by atoms with van der Waals surface area (Å²) in [7, 11) is 1.60. The minimum atomic E-state index is 0.500. The number of aromatic nitrogens is 3. The number of nitrogens with zero attached hydrogens (tertiary/aromatic N) is 5. The number of piperazine rings is 1. The average molecular weight is 346 g/mol. The van der Waals surface area contributed by atoms with Crippen LogP contribution in [0.2, 0.25) is 0 Å². The van der Waals surface area contributed by atoms with Crippen LogP contribution in [0, 0.1) is 11.3 Å². The van der Waals surface area contributed by atoms with Gasteiger partial charge in [-0.15, -0.1) is 0 Å². The second-order valence-corrected chi connectivity index (χ2v) is 6.81. The van der Waals surface area contributed by atoms with Crippen molar-refractivity contribution in [3.63, 3.8) is 0 Å². The smallest absolute Gasteiger partial charge is 0.146 e. The van der Waals surface area contributed by atoms with E-state index in [1.165, 1.54) is 6.42 Å². The standard InChI is InChI=1S/C19H18N6O/c1-26-17-4-13(10-25-19(17)14(6-20)8-23-25)12-2-3-18(22-7-12)24-11-15-5-16(24)9-21-15/h2-4,7-8,10,15-16,21H,5,9,11H2,1H3/t15-,16-/m0/s1. The summed E-state index contributed by atoms with van der Waals surface area (Å²) in [6.07, 6.45) is 6.55. The largest absolute Gasteiger partial charge is 0.494 e. The maximum atomic E-state index is 9.23. The van der Waals surface area contributed by atoms with E-state index in [0.29, 0.717) is 28.9 Å². The van der Waals surface area contributed by atoms with Crippen LogP contribution in [-0.2, 0) is 0 Å². The molecule has 0 radical (unpaired) electrons. The fraction of sp³-hybridized carbons (Fsp3) is 0.316. The molecule has 5 heterocycles. The van der Waals surface area contributed by atoms with E-state index >= 15 is 0 Å². The zero-order valence-electron chi connectivity index (χ0n) is 14.4. The van der Waals surface area contributed by atoms with E-state index in [2.05, 4.69) is 38.5 Å². The second-order valence-electron chi connectivity index (χ2n) is 6.81. The lowest BCUT2D eigenvalue weighted by Gasteiger charge is -2.28. The first-order chi connectivity index (χ1) is 12.8. The predicted octanol–water partition coefficient (Wildman–Crippen LogP) is 1.83. The molecule has 7 heteroatoms. The molecule has 2 saturated heterocycles. The third kappa shape index (κ3) is 2.23. The van der Waals surface area contributed by atoms with Gasteiger partial charge in [0.1, 0.15) is 28.7 Å². The molecule has 0 aliphatic carbocycles. The number of pyridine rings is 2. The monoisotopic (exact) mass is 346 g/mol. The summed E-state index contributed by atoms with van der Waals surface area (Å²) in [5.41, 5.74) is 3.12. The fourth-order valence-electron chi connectivity index (χ4n) is 4.05. The maximum Gasteiger partial charge on any atom is 0.146 e.